The highest BCUT2D eigenvalue weighted by Crippen LogP contribution is 2.65. The molecule has 0 saturated carbocycles. The largest absolute Gasteiger partial charge is 0.508 e. The third-order valence-corrected chi connectivity index (χ3v) is 12.1. The van der Waals surface area contributed by atoms with Crippen molar-refractivity contribution in [3.8, 4) is 23.0 Å². The monoisotopic (exact) mass is 871 g/mol. The Hall–Kier alpha value is -4.37. The number of aliphatic imine (C=N–C) groups is 1. The molecular weight excluding hydrogens is 826 g/mol. The van der Waals surface area contributed by atoms with Crippen molar-refractivity contribution in [1.29, 1.82) is 0 Å². The minimum Gasteiger partial charge on any atom is -0.508 e. The highest BCUT2D eigenvalue weighted by Gasteiger charge is 2.66. The molecule has 9 rings (SSSR count). The van der Waals surface area contributed by atoms with Crippen LogP contribution in [0.4, 0.5) is 5.69 Å². The molecule has 0 radical (unpaired) electrons. The molecule has 0 amide bonds. The van der Waals surface area contributed by atoms with E-state index in [4.69, 9.17) is 38.2 Å². The van der Waals surface area contributed by atoms with Gasteiger partial charge in [-0.15, -0.1) is 0 Å². The molecule has 0 aromatic heterocycles. The first-order valence-corrected chi connectivity index (χ1v) is 19.7. The first-order chi connectivity index (χ1) is 29.7. The number of aromatic hydroxyl groups is 2. The van der Waals surface area contributed by atoms with Gasteiger partial charge < -0.3 is 99.5 Å². The third kappa shape index (κ3) is 6.77. The van der Waals surface area contributed by atoms with Gasteiger partial charge in [-0.05, 0) is 23.8 Å². The predicted molar refractivity (Wildman–Crippen MR) is 205 cm³/mol. The molecule has 3 aromatic carbocycles. The molecule has 3 saturated heterocycles. The second kappa shape index (κ2) is 16.3. The van der Waals surface area contributed by atoms with Crippen molar-refractivity contribution < 1.29 is 99.5 Å². The van der Waals surface area contributed by atoms with E-state index in [2.05, 4.69) is 0 Å². The number of hydrogen-bond acceptors (Lipinski definition) is 21. The molecule has 21 nitrogen and oxygen atoms in total. The topological polar surface area (TPSA) is 340 Å². The highest BCUT2D eigenvalue weighted by atomic mass is 16.8. The summed E-state index contributed by atoms with van der Waals surface area (Å²) >= 11 is 0. The van der Waals surface area contributed by atoms with Crippen molar-refractivity contribution >= 4 is 22.5 Å². The Bertz CT molecular complexity index is 2220. The van der Waals surface area contributed by atoms with E-state index in [1.165, 1.54) is 18.2 Å². The number of fused-ring (bicyclic) bond motifs is 7. The second-order valence-corrected chi connectivity index (χ2v) is 15.8. The summed E-state index contributed by atoms with van der Waals surface area (Å²) < 4.78 is 42.7. The van der Waals surface area contributed by atoms with E-state index in [-0.39, 0.29) is 28.4 Å². The Morgan fingerprint density at radius 2 is 1.21 bits per heavy atom. The third-order valence-electron chi connectivity index (χ3n) is 12.1. The van der Waals surface area contributed by atoms with Crippen LogP contribution < -0.4 is 9.47 Å². The summed E-state index contributed by atoms with van der Waals surface area (Å²) in [6.45, 7) is -2.41. The lowest BCUT2D eigenvalue weighted by molar-refractivity contribution is -0.384. The molecule has 13 N–H and O–H groups in total. The molecule has 3 aromatic rings. The minimum atomic E-state index is -2.20. The Morgan fingerprint density at radius 1 is 0.629 bits per heavy atom. The molecule has 5 heterocycles. The Kier molecular flexibility index (Phi) is 11.3. The second-order valence-electron chi connectivity index (χ2n) is 15.8. The lowest BCUT2D eigenvalue weighted by Crippen LogP contribution is -2.65. The number of hydrogen-bond donors (Lipinski definition) is 13. The van der Waals surface area contributed by atoms with Crippen LogP contribution in [0.1, 0.15) is 22.6 Å². The molecule has 5 aliphatic heterocycles. The van der Waals surface area contributed by atoms with Crippen LogP contribution in [0.15, 0.2) is 65.7 Å². The summed E-state index contributed by atoms with van der Waals surface area (Å²) in [7, 11) is 0. The van der Waals surface area contributed by atoms with Gasteiger partial charge in [-0.3, -0.25) is 4.99 Å². The van der Waals surface area contributed by atoms with Crippen molar-refractivity contribution in [1.82, 2.24) is 0 Å². The van der Waals surface area contributed by atoms with Gasteiger partial charge in [0, 0.05) is 28.8 Å². The fraction of sp³-hybridized carbons (Fsp3) is 0.488. The van der Waals surface area contributed by atoms with E-state index in [0.717, 1.165) is 6.07 Å². The van der Waals surface area contributed by atoms with E-state index in [1.54, 1.807) is 36.4 Å². The number of rotatable bonds is 10. The number of nitrogens with zero attached hydrogens (tertiary/aromatic N) is 1. The van der Waals surface area contributed by atoms with E-state index in [9.17, 15) is 66.4 Å². The number of ether oxygens (including phenoxy) is 7. The molecule has 3 fully saturated rings. The van der Waals surface area contributed by atoms with Gasteiger partial charge >= 0.3 is 0 Å². The highest BCUT2D eigenvalue weighted by molar-refractivity contribution is 6.41. The zero-order chi connectivity index (χ0) is 43.9. The van der Waals surface area contributed by atoms with Crippen LogP contribution in [0.25, 0.3) is 11.1 Å². The Balaban J connectivity index is 1.18. The van der Waals surface area contributed by atoms with Crippen molar-refractivity contribution in [3.05, 3.63) is 77.4 Å². The molecule has 6 aliphatic rings. The van der Waals surface area contributed by atoms with Crippen LogP contribution in [0.3, 0.4) is 0 Å². The summed E-state index contributed by atoms with van der Waals surface area (Å²) in [6, 6.07) is 15.5. The maximum absolute atomic E-state index is 11.9. The quantitative estimate of drug-likeness (QED) is 0.0954. The smallest absolute Gasteiger partial charge is 0.253 e. The minimum absolute atomic E-state index is 0.0745. The maximum Gasteiger partial charge on any atom is 0.253 e. The van der Waals surface area contributed by atoms with Gasteiger partial charge in [0.2, 0.25) is 6.29 Å². The van der Waals surface area contributed by atoms with Gasteiger partial charge in [0.1, 0.15) is 102 Å². The fourth-order valence-corrected chi connectivity index (χ4v) is 8.93. The molecule has 17 atom stereocenters. The van der Waals surface area contributed by atoms with Crippen LogP contribution in [-0.2, 0) is 23.7 Å². The maximum atomic E-state index is 11.9. The summed E-state index contributed by atoms with van der Waals surface area (Å²) in [5.74, 6) is -4.29. The van der Waals surface area contributed by atoms with E-state index in [0.29, 0.717) is 28.1 Å². The molecule has 21 heteroatoms. The van der Waals surface area contributed by atoms with E-state index >= 15 is 0 Å². The number of allylic oxidation sites excluding steroid dienone is 1. The first kappa shape index (κ1) is 42.9. The first-order valence-electron chi connectivity index (χ1n) is 19.7. The Labute approximate surface area is 350 Å². The molecule has 0 spiro atoms. The van der Waals surface area contributed by atoms with Gasteiger partial charge in [0.25, 0.3) is 5.79 Å². The summed E-state index contributed by atoms with van der Waals surface area (Å²) in [4.78, 5) is 4.95. The van der Waals surface area contributed by atoms with Crippen LogP contribution in [-0.4, -0.2) is 190 Å². The van der Waals surface area contributed by atoms with Gasteiger partial charge in [-0.25, -0.2) is 0 Å². The number of aliphatic hydroxyl groups excluding tert-OH is 11. The molecular formula is C41H45NO20. The van der Waals surface area contributed by atoms with Crippen LogP contribution in [0, 0.1) is 0 Å². The fourth-order valence-electron chi connectivity index (χ4n) is 8.93. The number of phenols is 2. The number of aliphatic hydroxyl groups is 11. The molecule has 62 heavy (non-hydrogen) atoms. The number of benzene rings is 3. The number of para-hydroxylation sites is 1. The molecule has 334 valence electrons. The van der Waals surface area contributed by atoms with Gasteiger partial charge in [0.05, 0.1) is 36.8 Å². The average Bonchev–Trinajstić information content (AvgIpc) is 3.87. The van der Waals surface area contributed by atoms with Crippen LogP contribution in [0.2, 0.25) is 0 Å². The van der Waals surface area contributed by atoms with Crippen LogP contribution >= 0.6 is 0 Å². The van der Waals surface area contributed by atoms with Gasteiger partial charge in [-0.2, -0.15) is 0 Å². The average molecular weight is 872 g/mol. The predicted octanol–water partition coefficient (Wildman–Crippen LogP) is -3.20. The summed E-state index contributed by atoms with van der Waals surface area (Å²) in [6.07, 6.45) is -26.4. The SMILES string of the molecule is OCC1OC(Oc2cc(O)c3c(c2)OC2(OC4OC(CO)C(O)C(O)C4OC4OC(CO)C(O)C(O)C4O)C(c4ccc(O)cc4)=C4C(=Nc5ccccc54)C32)C(O)C(O)C1O. The zero-order valence-corrected chi connectivity index (χ0v) is 32.3. The normalized spacial score (nSPS) is 39.7. The van der Waals surface area contributed by atoms with Gasteiger partial charge in [0.15, 0.2) is 12.6 Å². The molecule has 1 aliphatic carbocycles. The lowest BCUT2D eigenvalue weighted by atomic mass is 9.88. The number of phenolic OH excluding ortho intramolecular Hbond substituents is 2. The van der Waals surface area contributed by atoms with Crippen molar-refractivity contribution in [2.24, 2.45) is 4.99 Å². The zero-order valence-electron chi connectivity index (χ0n) is 32.3. The molecule has 17 unspecified atom stereocenters. The Morgan fingerprint density at radius 3 is 1.85 bits per heavy atom. The van der Waals surface area contributed by atoms with Crippen LogP contribution in [0.5, 0.6) is 23.0 Å². The summed E-state index contributed by atoms with van der Waals surface area (Å²) in [5.41, 5.74) is 2.64. The summed E-state index contributed by atoms with van der Waals surface area (Å²) in [5, 5.41) is 138. The van der Waals surface area contributed by atoms with Crippen molar-refractivity contribution in [2.45, 2.75) is 104 Å². The van der Waals surface area contributed by atoms with Crippen molar-refractivity contribution in [3.63, 3.8) is 0 Å². The van der Waals surface area contributed by atoms with Gasteiger partial charge in [-0.1, -0.05) is 30.3 Å². The van der Waals surface area contributed by atoms with E-state index in [1.807, 2.05) is 0 Å². The van der Waals surface area contributed by atoms with Crippen molar-refractivity contribution in [2.75, 3.05) is 19.8 Å². The standard InChI is InChI=1S/C41H45NO20/c43-11-21-29(48)32(51)35(54)38(57-21)56-16-9-19(47)25-20(10-16)61-41(26(14-5-7-15(46)8-6-14)24-17-3-1-2-4-18(17)42-28(24)27(25)41)62-40-37(34(53)31(50)23(13-45)59-40)60-39-36(55)33(52)30(49)22(12-44)58-39/h1-10,21-23,27,29-40,43-55H,11-13H2. The van der Waals surface area contributed by atoms with E-state index < -0.39 is 129 Å². The lowest BCUT2D eigenvalue weighted by Gasteiger charge is -2.47. The molecule has 0 bridgehead atoms.